The van der Waals surface area contributed by atoms with Crippen LogP contribution in [0.15, 0.2) is 18.2 Å². The van der Waals surface area contributed by atoms with Gasteiger partial charge in [0.25, 0.3) is 0 Å². The highest BCUT2D eigenvalue weighted by Gasteiger charge is 2.26. The molecule has 2 rings (SSSR count). The number of hydrogen-bond donors (Lipinski definition) is 2. The zero-order chi connectivity index (χ0) is 17.5. The monoisotopic (exact) mass is 335 g/mol. The molecule has 2 amide bonds. The molecule has 1 fully saturated rings. The van der Waals surface area contributed by atoms with Crippen LogP contribution >= 0.6 is 0 Å². The molecule has 24 heavy (non-hydrogen) atoms. The first kappa shape index (κ1) is 18.1. The van der Waals surface area contributed by atoms with Crippen LogP contribution in [0, 0.1) is 0 Å². The lowest BCUT2D eigenvalue weighted by Gasteiger charge is -2.32. The van der Waals surface area contributed by atoms with E-state index in [0.29, 0.717) is 30.3 Å². The number of rotatable bonds is 7. The van der Waals surface area contributed by atoms with Crippen molar-refractivity contribution in [1.82, 2.24) is 10.2 Å². The third-order valence-corrected chi connectivity index (χ3v) is 3.95. The van der Waals surface area contributed by atoms with Gasteiger partial charge in [0.2, 0.25) is 11.8 Å². The first-order valence-electron chi connectivity index (χ1n) is 8.09. The third-order valence-electron chi connectivity index (χ3n) is 3.95. The van der Waals surface area contributed by atoms with E-state index in [2.05, 4.69) is 17.6 Å². The van der Waals surface area contributed by atoms with Crippen molar-refractivity contribution in [3.8, 4) is 11.5 Å². The van der Waals surface area contributed by atoms with E-state index in [-0.39, 0.29) is 24.4 Å². The van der Waals surface area contributed by atoms with Crippen molar-refractivity contribution in [1.29, 1.82) is 0 Å². The summed E-state index contributed by atoms with van der Waals surface area (Å²) in [6, 6.07) is 5.34. The van der Waals surface area contributed by atoms with Gasteiger partial charge in [-0.3, -0.25) is 14.9 Å². The second kappa shape index (κ2) is 8.54. The Labute approximate surface area is 142 Å². The fourth-order valence-corrected chi connectivity index (χ4v) is 2.69. The van der Waals surface area contributed by atoms with Gasteiger partial charge in [-0.1, -0.05) is 13.3 Å². The quantitative estimate of drug-likeness (QED) is 0.791. The van der Waals surface area contributed by atoms with E-state index < -0.39 is 0 Å². The van der Waals surface area contributed by atoms with Gasteiger partial charge in [-0.05, 0) is 6.42 Å². The molecule has 0 aromatic heterocycles. The molecule has 0 bridgehead atoms. The van der Waals surface area contributed by atoms with Crippen molar-refractivity contribution in [2.75, 3.05) is 32.7 Å². The van der Waals surface area contributed by atoms with E-state index in [9.17, 15) is 9.59 Å². The first-order valence-corrected chi connectivity index (χ1v) is 8.09. The summed E-state index contributed by atoms with van der Waals surface area (Å²) >= 11 is 0. The SMILES string of the molecule is CCCC1CC(=O)N(CC(=O)Nc2cc(OC)cc(OC)c2)CN1. The van der Waals surface area contributed by atoms with Crippen molar-refractivity contribution >= 4 is 17.5 Å². The predicted molar refractivity (Wildman–Crippen MR) is 91.2 cm³/mol. The highest BCUT2D eigenvalue weighted by molar-refractivity contribution is 5.95. The lowest BCUT2D eigenvalue weighted by molar-refractivity contribution is -0.138. The number of carbonyl (C=O) groups excluding carboxylic acids is 2. The van der Waals surface area contributed by atoms with Gasteiger partial charge < -0.3 is 19.7 Å². The van der Waals surface area contributed by atoms with Crippen LogP contribution in [0.2, 0.25) is 0 Å². The van der Waals surface area contributed by atoms with E-state index >= 15 is 0 Å². The summed E-state index contributed by atoms with van der Waals surface area (Å²) in [4.78, 5) is 25.9. The van der Waals surface area contributed by atoms with Gasteiger partial charge in [-0.25, -0.2) is 0 Å². The summed E-state index contributed by atoms with van der Waals surface area (Å²) in [5.41, 5.74) is 0.567. The average Bonchev–Trinajstić information content (AvgIpc) is 2.57. The fourth-order valence-electron chi connectivity index (χ4n) is 2.69. The summed E-state index contributed by atoms with van der Waals surface area (Å²) in [5.74, 6) is 0.922. The Bertz CT molecular complexity index is 569. The highest BCUT2D eigenvalue weighted by atomic mass is 16.5. The number of nitrogens with one attached hydrogen (secondary N) is 2. The number of nitrogens with zero attached hydrogens (tertiary/aromatic N) is 1. The number of methoxy groups -OCH3 is 2. The Kier molecular flexibility index (Phi) is 6.43. The van der Waals surface area contributed by atoms with Crippen LogP contribution in [-0.4, -0.2) is 50.2 Å². The number of carbonyl (C=O) groups is 2. The molecule has 1 aliphatic heterocycles. The van der Waals surface area contributed by atoms with Crippen LogP contribution in [0.3, 0.4) is 0 Å². The van der Waals surface area contributed by atoms with Crippen molar-refractivity contribution in [3.63, 3.8) is 0 Å². The molecule has 1 unspecified atom stereocenters. The molecule has 1 aromatic rings. The Hall–Kier alpha value is -2.28. The summed E-state index contributed by atoms with van der Waals surface area (Å²) in [5, 5.41) is 6.07. The minimum Gasteiger partial charge on any atom is -0.497 e. The Morgan fingerprint density at radius 1 is 1.29 bits per heavy atom. The van der Waals surface area contributed by atoms with E-state index in [0.717, 1.165) is 12.8 Å². The predicted octanol–water partition coefficient (Wildman–Crippen LogP) is 1.59. The van der Waals surface area contributed by atoms with Crippen LogP contribution in [0.25, 0.3) is 0 Å². The molecule has 1 aromatic carbocycles. The lowest BCUT2D eigenvalue weighted by atomic mass is 10.1. The lowest BCUT2D eigenvalue weighted by Crippen LogP contribution is -2.52. The van der Waals surface area contributed by atoms with Crippen molar-refractivity contribution in [2.24, 2.45) is 0 Å². The van der Waals surface area contributed by atoms with Gasteiger partial charge in [0.15, 0.2) is 0 Å². The number of amides is 2. The number of benzene rings is 1. The molecule has 0 aliphatic carbocycles. The Balaban J connectivity index is 1.93. The molecule has 7 heteroatoms. The Morgan fingerprint density at radius 3 is 2.50 bits per heavy atom. The Morgan fingerprint density at radius 2 is 1.96 bits per heavy atom. The van der Waals surface area contributed by atoms with Crippen molar-refractivity contribution in [2.45, 2.75) is 32.2 Å². The smallest absolute Gasteiger partial charge is 0.244 e. The number of anilines is 1. The number of ether oxygens (including phenoxy) is 2. The van der Waals surface area contributed by atoms with Crippen LogP contribution in [0.4, 0.5) is 5.69 Å². The van der Waals surface area contributed by atoms with Crippen molar-refractivity contribution < 1.29 is 19.1 Å². The second-order valence-corrected chi connectivity index (χ2v) is 5.79. The molecule has 1 saturated heterocycles. The summed E-state index contributed by atoms with van der Waals surface area (Å²) in [7, 11) is 3.09. The largest absolute Gasteiger partial charge is 0.497 e. The molecular formula is C17H25N3O4. The van der Waals surface area contributed by atoms with E-state index in [1.54, 1.807) is 32.4 Å². The molecule has 0 radical (unpaired) electrons. The molecule has 2 N–H and O–H groups in total. The van der Waals surface area contributed by atoms with E-state index in [4.69, 9.17) is 9.47 Å². The van der Waals surface area contributed by atoms with Gasteiger partial charge in [-0.2, -0.15) is 0 Å². The molecule has 7 nitrogen and oxygen atoms in total. The van der Waals surface area contributed by atoms with Gasteiger partial charge in [-0.15, -0.1) is 0 Å². The van der Waals surface area contributed by atoms with Gasteiger partial charge in [0.05, 0.1) is 20.9 Å². The fraction of sp³-hybridized carbons (Fsp3) is 0.529. The van der Waals surface area contributed by atoms with Crippen LogP contribution in [-0.2, 0) is 9.59 Å². The van der Waals surface area contributed by atoms with Gasteiger partial charge >= 0.3 is 0 Å². The summed E-state index contributed by atoms with van der Waals surface area (Å²) in [6.45, 7) is 2.51. The van der Waals surface area contributed by atoms with Crippen LogP contribution in [0.1, 0.15) is 26.2 Å². The molecule has 0 spiro atoms. The highest BCUT2D eigenvalue weighted by Crippen LogP contribution is 2.25. The maximum absolute atomic E-state index is 12.2. The zero-order valence-electron chi connectivity index (χ0n) is 14.4. The van der Waals surface area contributed by atoms with Gasteiger partial charge in [0.1, 0.15) is 18.0 Å². The summed E-state index contributed by atoms with van der Waals surface area (Å²) in [6.07, 6.45) is 2.44. The summed E-state index contributed by atoms with van der Waals surface area (Å²) < 4.78 is 10.3. The molecule has 1 atom stereocenters. The van der Waals surface area contributed by atoms with Gasteiger partial charge in [0, 0.05) is 36.3 Å². The average molecular weight is 335 g/mol. The molecule has 1 heterocycles. The molecule has 1 aliphatic rings. The topological polar surface area (TPSA) is 79.9 Å². The molecular weight excluding hydrogens is 310 g/mol. The second-order valence-electron chi connectivity index (χ2n) is 5.79. The zero-order valence-corrected chi connectivity index (χ0v) is 14.4. The first-order chi connectivity index (χ1) is 11.5. The van der Waals surface area contributed by atoms with Crippen LogP contribution in [0.5, 0.6) is 11.5 Å². The normalized spacial score (nSPS) is 17.5. The molecule has 132 valence electrons. The van der Waals surface area contributed by atoms with E-state index in [1.165, 1.54) is 4.90 Å². The maximum Gasteiger partial charge on any atom is 0.244 e. The van der Waals surface area contributed by atoms with E-state index in [1.807, 2.05) is 0 Å². The third kappa shape index (κ3) is 4.86. The molecule has 0 saturated carbocycles. The minimum atomic E-state index is -0.255. The maximum atomic E-state index is 12.2. The minimum absolute atomic E-state index is 0.00516. The number of hydrogen-bond acceptors (Lipinski definition) is 5. The van der Waals surface area contributed by atoms with Crippen molar-refractivity contribution in [3.05, 3.63) is 18.2 Å². The van der Waals surface area contributed by atoms with Crippen LogP contribution < -0.4 is 20.1 Å². The standard InChI is InChI=1S/C17H25N3O4/c1-4-5-12-8-17(22)20(11-18-12)10-16(21)19-13-6-14(23-2)9-15(7-13)24-3/h6-7,9,12,18H,4-5,8,10-11H2,1-3H3,(H,19,21).